The van der Waals surface area contributed by atoms with Gasteiger partial charge in [-0.1, -0.05) is 12.1 Å². The van der Waals surface area contributed by atoms with Crippen molar-refractivity contribution in [1.82, 2.24) is 9.97 Å². The maximum atomic E-state index is 11.4. The number of ether oxygens (including phenoxy) is 1. The number of rotatable bonds is 6. The summed E-state index contributed by atoms with van der Waals surface area (Å²) in [6.45, 7) is 6.19. The molecule has 0 aliphatic heterocycles. The van der Waals surface area contributed by atoms with E-state index in [9.17, 15) is 4.79 Å². The first kappa shape index (κ1) is 15.2. The fourth-order valence-electron chi connectivity index (χ4n) is 2.10. The molecule has 1 unspecified atom stereocenters. The predicted octanol–water partition coefficient (Wildman–Crippen LogP) is 3.08. The minimum Gasteiger partial charge on any atom is -0.466 e. The monoisotopic (exact) mass is 287 g/mol. The number of benzene rings is 1. The smallest absolute Gasteiger partial charge is 0.305 e. The summed E-state index contributed by atoms with van der Waals surface area (Å²) in [5.74, 6) is 0.609. The van der Waals surface area contributed by atoms with Crippen molar-refractivity contribution in [1.29, 1.82) is 0 Å². The van der Waals surface area contributed by atoms with E-state index in [0.717, 1.165) is 22.5 Å². The molecule has 0 aliphatic carbocycles. The van der Waals surface area contributed by atoms with Crippen molar-refractivity contribution in [3.8, 4) is 0 Å². The minimum absolute atomic E-state index is 0.128. The molecule has 1 aromatic carbocycles. The molecular weight excluding hydrogens is 266 g/mol. The van der Waals surface area contributed by atoms with Crippen molar-refractivity contribution in [3.63, 3.8) is 0 Å². The number of anilines is 1. The topological polar surface area (TPSA) is 64.1 Å². The van der Waals surface area contributed by atoms with Crippen LogP contribution < -0.4 is 5.32 Å². The first-order valence-corrected chi connectivity index (χ1v) is 7.25. The molecule has 0 amide bonds. The Morgan fingerprint density at radius 2 is 1.95 bits per heavy atom. The Hall–Kier alpha value is -2.17. The number of nitrogens with one attached hydrogen (secondary N) is 1. The van der Waals surface area contributed by atoms with E-state index in [-0.39, 0.29) is 12.0 Å². The Morgan fingerprint density at radius 1 is 1.29 bits per heavy atom. The number of aromatic nitrogens is 2. The van der Waals surface area contributed by atoms with Crippen LogP contribution in [0.2, 0.25) is 0 Å². The standard InChI is InChI=1S/C16H21N3O2/c1-4-21-15(20)10-9-11(2)17-16-12(3)18-13-7-5-6-8-14(13)19-16/h5-8,11H,4,9-10H2,1-3H3,(H,17,19). The molecule has 1 heterocycles. The van der Waals surface area contributed by atoms with Gasteiger partial charge in [0.25, 0.3) is 0 Å². The van der Waals surface area contributed by atoms with E-state index in [1.54, 1.807) is 0 Å². The highest BCUT2D eigenvalue weighted by molar-refractivity contribution is 5.76. The van der Waals surface area contributed by atoms with Gasteiger partial charge in [-0.05, 0) is 39.3 Å². The lowest BCUT2D eigenvalue weighted by Gasteiger charge is -2.15. The molecule has 0 bridgehead atoms. The molecule has 112 valence electrons. The van der Waals surface area contributed by atoms with Crippen LogP contribution >= 0.6 is 0 Å². The Labute approximate surface area is 124 Å². The van der Waals surface area contributed by atoms with Crippen LogP contribution in [0.25, 0.3) is 11.0 Å². The van der Waals surface area contributed by atoms with E-state index in [4.69, 9.17) is 4.74 Å². The van der Waals surface area contributed by atoms with Crippen molar-refractivity contribution in [2.45, 2.75) is 39.7 Å². The normalized spacial score (nSPS) is 12.1. The first-order valence-electron chi connectivity index (χ1n) is 7.25. The van der Waals surface area contributed by atoms with Crippen molar-refractivity contribution in [3.05, 3.63) is 30.0 Å². The average Bonchev–Trinajstić information content (AvgIpc) is 2.46. The molecule has 1 atom stereocenters. The van der Waals surface area contributed by atoms with E-state index in [0.29, 0.717) is 19.4 Å². The Kier molecular flexibility index (Phi) is 5.09. The molecule has 0 spiro atoms. The van der Waals surface area contributed by atoms with Gasteiger partial charge in [0.2, 0.25) is 0 Å². The molecule has 1 N–H and O–H groups in total. The lowest BCUT2D eigenvalue weighted by molar-refractivity contribution is -0.143. The molecular formula is C16H21N3O2. The fourth-order valence-corrected chi connectivity index (χ4v) is 2.10. The van der Waals surface area contributed by atoms with Crippen LogP contribution in [-0.2, 0) is 9.53 Å². The van der Waals surface area contributed by atoms with Crippen molar-refractivity contribution >= 4 is 22.8 Å². The summed E-state index contributed by atoms with van der Waals surface area (Å²) in [5, 5.41) is 3.32. The average molecular weight is 287 g/mol. The number of fused-ring (bicyclic) bond motifs is 1. The molecule has 0 fully saturated rings. The van der Waals surface area contributed by atoms with Gasteiger partial charge >= 0.3 is 5.97 Å². The number of nitrogens with zero attached hydrogens (tertiary/aromatic N) is 2. The third-order valence-corrected chi connectivity index (χ3v) is 3.21. The van der Waals surface area contributed by atoms with Crippen LogP contribution in [0.15, 0.2) is 24.3 Å². The highest BCUT2D eigenvalue weighted by Crippen LogP contribution is 2.17. The number of para-hydroxylation sites is 2. The number of carbonyl (C=O) groups excluding carboxylic acids is 1. The summed E-state index contributed by atoms with van der Waals surface area (Å²) in [7, 11) is 0. The van der Waals surface area contributed by atoms with Gasteiger partial charge in [0.15, 0.2) is 0 Å². The van der Waals surface area contributed by atoms with Crippen LogP contribution in [0.3, 0.4) is 0 Å². The van der Waals surface area contributed by atoms with Gasteiger partial charge in [-0.2, -0.15) is 0 Å². The molecule has 0 saturated carbocycles. The zero-order valence-electron chi connectivity index (χ0n) is 12.7. The lowest BCUT2D eigenvalue weighted by Crippen LogP contribution is -2.19. The van der Waals surface area contributed by atoms with Gasteiger partial charge in [0, 0.05) is 12.5 Å². The summed E-state index contributed by atoms with van der Waals surface area (Å²) in [4.78, 5) is 20.5. The summed E-state index contributed by atoms with van der Waals surface area (Å²) in [5.41, 5.74) is 2.61. The van der Waals surface area contributed by atoms with E-state index in [1.165, 1.54) is 0 Å². The second-order valence-corrected chi connectivity index (χ2v) is 5.04. The third-order valence-electron chi connectivity index (χ3n) is 3.21. The molecule has 5 nitrogen and oxygen atoms in total. The number of hydrogen-bond acceptors (Lipinski definition) is 5. The number of hydrogen-bond donors (Lipinski definition) is 1. The molecule has 2 aromatic rings. The van der Waals surface area contributed by atoms with Crippen LogP contribution in [0.5, 0.6) is 0 Å². The molecule has 2 rings (SSSR count). The summed E-state index contributed by atoms with van der Waals surface area (Å²) >= 11 is 0. The largest absolute Gasteiger partial charge is 0.466 e. The number of carbonyl (C=O) groups is 1. The quantitative estimate of drug-likeness (QED) is 0.827. The second-order valence-electron chi connectivity index (χ2n) is 5.04. The van der Waals surface area contributed by atoms with Gasteiger partial charge in [-0.15, -0.1) is 0 Å². The van der Waals surface area contributed by atoms with Crippen LogP contribution in [-0.4, -0.2) is 28.6 Å². The Bertz CT molecular complexity index is 628. The zero-order valence-corrected chi connectivity index (χ0v) is 12.7. The van der Waals surface area contributed by atoms with Gasteiger partial charge in [0.1, 0.15) is 5.82 Å². The van der Waals surface area contributed by atoms with Gasteiger partial charge in [0.05, 0.1) is 23.3 Å². The first-order chi connectivity index (χ1) is 10.1. The molecule has 0 aliphatic rings. The van der Waals surface area contributed by atoms with E-state index < -0.39 is 0 Å². The van der Waals surface area contributed by atoms with Crippen LogP contribution in [0.4, 0.5) is 5.82 Å². The summed E-state index contributed by atoms with van der Waals surface area (Å²) in [6.07, 6.45) is 1.11. The predicted molar refractivity (Wildman–Crippen MR) is 83.2 cm³/mol. The number of aryl methyl sites for hydroxylation is 1. The molecule has 21 heavy (non-hydrogen) atoms. The summed E-state index contributed by atoms with van der Waals surface area (Å²) in [6, 6.07) is 7.91. The van der Waals surface area contributed by atoms with Gasteiger partial charge in [-0.3, -0.25) is 4.79 Å². The maximum absolute atomic E-state index is 11.4. The Balaban J connectivity index is 2.02. The van der Waals surface area contributed by atoms with Gasteiger partial charge in [-0.25, -0.2) is 9.97 Å². The minimum atomic E-state index is -0.160. The molecule has 0 saturated heterocycles. The van der Waals surface area contributed by atoms with E-state index in [2.05, 4.69) is 15.3 Å². The highest BCUT2D eigenvalue weighted by atomic mass is 16.5. The number of esters is 1. The van der Waals surface area contributed by atoms with E-state index >= 15 is 0 Å². The van der Waals surface area contributed by atoms with Crippen molar-refractivity contribution in [2.75, 3.05) is 11.9 Å². The zero-order chi connectivity index (χ0) is 15.2. The van der Waals surface area contributed by atoms with Crippen LogP contribution in [0, 0.1) is 6.92 Å². The van der Waals surface area contributed by atoms with Gasteiger partial charge < -0.3 is 10.1 Å². The van der Waals surface area contributed by atoms with Crippen LogP contribution in [0.1, 0.15) is 32.4 Å². The molecule has 0 radical (unpaired) electrons. The molecule has 1 aromatic heterocycles. The maximum Gasteiger partial charge on any atom is 0.305 e. The van der Waals surface area contributed by atoms with Crippen molar-refractivity contribution in [2.24, 2.45) is 0 Å². The highest BCUT2D eigenvalue weighted by Gasteiger charge is 2.10. The van der Waals surface area contributed by atoms with E-state index in [1.807, 2.05) is 45.0 Å². The van der Waals surface area contributed by atoms with Crippen molar-refractivity contribution < 1.29 is 9.53 Å². The second kappa shape index (κ2) is 7.02. The summed E-state index contributed by atoms with van der Waals surface area (Å²) < 4.78 is 4.93. The molecule has 5 heteroatoms. The Morgan fingerprint density at radius 3 is 2.62 bits per heavy atom. The third kappa shape index (κ3) is 4.15. The SMILES string of the molecule is CCOC(=O)CCC(C)Nc1nc2ccccc2nc1C. The fraction of sp³-hybridized carbons (Fsp3) is 0.438. The lowest BCUT2D eigenvalue weighted by atomic mass is 10.2.